The fourth-order valence-electron chi connectivity index (χ4n) is 8.93. The van der Waals surface area contributed by atoms with Crippen LogP contribution < -0.4 is 13.6 Å². The Morgan fingerprint density at radius 2 is 0.776 bits per heavy atom. The third kappa shape index (κ3) is 11.0. The summed E-state index contributed by atoms with van der Waals surface area (Å²) in [6.45, 7) is 57.2. The zero-order valence-corrected chi connectivity index (χ0v) is 48.0. The van der Waals surface area contributed by atoms with Crippen LogP contribution in [0.15, 0.2) is 48.5 Å². The van der Waals surface area contributed by atoms with E-state index in [0.717, 1.165) is 65.0 Å². The number of fused-ring (bicyclic) bond motifs is 2. The minimum atomic E-state index is -2.16. The first kappa shape index (κ1) is 54.5. The number of phenols is 1. The van der Waals surface area contributed by atoms with Crippen molar-refractivity contribution >= 4 is 8.60 Å². The van der Waals surface area contributed by atoms with E-state index in [-0.39, 0.29) is 55.0 Å². The number of aromatic hydroxyl groups is 1. The van der Waals surface area contributed by atoms with Crippen LogP contribution in [-0.4, -0.2) is 5.11 Å². The maximum Gasteiger partial charge on any atom is 0.530 e. The summed E-state index contributed by atoms with van der Waals surface area (Å²) in [5, 5.41) is 12.7. The SMILES string of the molecule is CCC(C)(C)c1cc2c(c(C(C)(C)CC)c1)OP(Oc1c(-c3cc(C(C)(C)C)cc(C(C)(C)C)c3O)cc(C(C)(C)C)cc1C(C)(C)C)Oc1c(cc(C(C)(C)CC)cc1C(C)(C)CC)C2C. The zero-order chi connectivity index (χ0) is 51.0. The van der Waals surface area contributed by atoms with Crippen LogP contribution in [0.3, 0.4) is 0 Å². The van der Waals surface area contributed by atoms with Crippen molar-refractivity contribution < 1.29 is 18.7 Å². The predicted octanol–water partition coefficient (Wildman–Crippen LogP) is 19.2. The summed E-state index contributed by atoms with van der Waals surface area (Å²) in [7, 11) is -2.16. The molecule has 0 saturated carbocycles. The van der Waals surface area contributed by atoms with Crippen molar-refractivity contribution in [1.29, 1.82) is 0 Å². The van der Waals surface area contributed by atoms with Crippen LogP contribution in [0.1, 0.15) is 260 Å². The Balaban J connectivity index is 2.03. The van der Waals surface area contributed by atoms with Gasteiger partial charge in [-0.3, -0.25) is 0 Å². The molecule has 0 unspecified atom stereocenters. The van der Waals surface area contributed by atoms with Gasteiger partial charge in [-0.2, -0.15) is 0 Å². The lowest BCUT2D eigenvalue weighted by atomic mass is 9.72. The quantitative estimate of drug-likeness (QED) is 0.152. The van der Waals surface area contributed by atoms with Gasteiger partial charge in [0.25, 0.3) is 0 Å². The minimum Gasteiger partial charge on any atom is -0.507 e. The van der Waals surface area contributed by atoms with Crippen molar-refractivity contribution in [2.24, 2.45) is 0 Å². The van der Waals surface area contributed by atoms with Gasteiger partial charge in [-0.25, -0.2) is 0 Å². The van der Waals surface area contributed by atoms with Gasteiger partial charge in [0.2, 0.25) is 0 Å². The molecule has 1 N–H and O–H groups in total. The highest BCUT2D eigenvalue weighted by molar-refractivity contribution is 7.43. The topological polar surface area (TPSA) is 47.9 Å². The third-order valence-corrected chi connectivity index (χ3v) is 17.1. The van der Waals surface area contributed by atoms with Gasteiger partial charge in [-0.15, -0.1) is 0 Å². The van der Waals surface area contributed by atoms with Gasteiger partial charge in [-0.1, -0.05) is 209 Å². The van der Waals surface area contributed by atoms with Gasteiger partial charge in [0, 0.05) is 50.4 Å². The van der Waals surface area contributed by atoms with Crippen LogP contribution in [0.5, 0.6) is 23.0 Å². The first-order valence-corrected chi connectivity index (χ1v) is 26.7. The van der Waals surface area contributed by atoms with Crippen molar-refractivity contribution in [3.63, 3.8) is 0 Å². The molecule has 0 spiro atoms. The summed E-state index contributed by atoms with van der Waals surface area (Å²) in [5.41, 5.74) is 11.7. The van der Waals surface area contributed by atoms with Gasteiger partial charge >= 0.3 is 8.60 Å². The van der Waals surface area contributed by atoms with E-state index >= 15 is 0 Å². The fourth-order valence-corrected chi connectivity index (χ4v) is 10.1. The van der Waals surface area contributed by atoms with E-state index in [1.165, 1.54) is 38.9 Å². The molecule has 0 radical (unpaired) electrons. The summed E-state index contributed by atoms with van der Waals surface area (Å²) in [6, 6.07) is 18.7. The highest BCUT2D eigenvalue weighted by Gasteiger charge is 2.41. The van der Waals surface area contributed by atoms with E-state index in [1.54, 1.807) is 0 Å². The van der Waals surface area contributed by atoms with Crippen LogP contribution in [0.25, 0.3) is 11.1 Å². The average molecular weight is 933 g/mol. The zero-order valence-electron chi connectivity index (χ0n) is 47.1. The minimum absolute atomic E-state index is 0.0418. The summed E-state index contributed by atoms with van der Waals surface area (Å²) < 4.78 is 22.9. The van der Waals surface area contributed by atoms with E-state index < -0.39 is 8.60 Å². The van der Waals surface area contributed by atoms with Gasteiger partial charge in [0.05, 0.1) is 0 Å². The second-order valence-electron chi connectivity index (χ2n) is 26.9. The van der Waals surface area contributed by atoms with Crippen LogP contribution in [-0.2, 0) is 43.3 Å². The smallest absolute Gasteiger partial charge is 0.507 e. The molecule has 0 aromatic heterocycles. The summed E-state index contributed by atoms with van der Waals surface area (Å²) in [5.74, 6) is 2.65. The summed E-state index contributed by atoms with van der Waals surface area (Å²) in [6.07, 6.45) is 3.88. The Morgan fingerprint density at radius 1 is 0.433 bits per heavy atom. The maximum atomic E-state index is 12.7. The molecular formula is C62H93O4P. The lowest BCUT2D eigenvalue weighted by molar-refractivity contribution is 0.357. The van der Waals surface area contributed by atoms with Crippen molar-refractivity contribution in [3.05, 3.63) is 104 Å². The largest absolute Gasteiger partial charge is 0.530 e. The number of hydrogen-bond donors (Lipinski definition) is 1. The van der Waals surface area contributed by atoms with Crippen LogP contribution in [0.4, 0.5) is 0 Å². The van der Waals surface area contributed by atoms with E-state index in [0.29, 0.717) is 5.75 Å². The molecule has 67 heavy (non-hydrogen) atoms. The molecule has 0 fully saturated rings. The second kappa shape index (κ2) is 18.4. The molecule has 0 atom stereocenters. The molecule has 5 heteroatoms. The number of hydrogen-bond acceptors (Lipinski definition) is 4. The molecule has 0 amide bonds. The molecule has 4 nitrogen and oxygen atoms in total. The fraction of sp³-hybridized carbons (Fsp3) is 0.613. The van der Waals surface area contributed by atoms with Crippen molar-refractivity contribution in [1.82, 2.24) is 0 Å². The van der Waals surface area contributed by atoms with Crippen molar-refractivity contribution in [2.75, 3.05) is 0 Å². The van der Waals surface area contributed by atoms with Crippen molar-refractivity contribution in [3.8, 4) is 34.1 Å². The molecule has 4 aromatic rings. The Kier molecular flexibility index (Phi) is 14.9. The first-order valence-electron chi connectivity index (χ1n) is 25.6. The molecule has 0 bridgehead atoms. The van der Waals surface area contributed by atoms with E-state index in [4.69, 9.17) is 13.6 Å². The van der Waals surface area contributed by atoms with E-state index in [1.807, 2.05) is 0 Å². The molecular weight excluding hydrogens is 840 g/mol. The van der Waals surface area contributed by atoms with Gasteiger partial charge in [0.1, 0.15) is 23.0 Å². The second-order valence-corrected chi connectivity index (χ2v) is 27.9. The number of benzene rings is 4. The molecule has 1 aliphatic heterocycles. The summed E-state index contributed by atoms with van der Waals surface area (Å²) in [4.78, 5) is 0. The molecule has 370 valence electrons. The van der Waals surface area contributed by atoms with E-state index in [2.05, 4.69) is 222 Å². The highest BCUT2D eigenvalue weighted by atomic mass is 31.2. The molecule has 0 saturated heterocycles. The van der Waals surface area contributed by atoms with Gasteiger partial charge < -0.3 is 18.7 Å². The van der Waals surface area contributed by atoms with E-state index in [9.17, 15) is 5.11 Å². The summed E-state index contributed by atoms with van der Waals surface area (Å²) >= 11 is 0. The molecule has 5 rings (SSSR count). The van der Waals surface area contributed by atoms with Crippen LogP contribution >= 0.6 is 8.60 Å². The monoisotopic (exact) mass is 933 g/mol. The lowest BCUT2D eigenvalue weighted by Gasteiger charge is -2.38. The van der Waals surface area contributed by atoms with Crippen LogP contribution in [0.2, 0.25) is 0 Å². The third-order valence-electron chi connectivity index (χ3n) is 16.1. The maximum absolute atomic E-state index is 12.7. The highest BCUT2D eigenvalue weighted by Crippen LogP contribution is 2.59. The van der Waals surface area contributed by atoms with Crippen LogP contribution in [0, 0.1) is 0 Å². The normalized spacial score (nSPS) is 16.7. The standard InChI is InChI=1S/C62H93O4P/c1-26-59(18,19)41-32-43-38(5)44-33-42(60(20,21)27-2)37-50(62(24,25)29-4)53(44)65-67(64-52(43)49(36-41)61(22,23)28-3)66-54-46(31-40(56(9,10)11)35-48(54)58(15,16)17)45-30-39(55(6,7)8)34-47(51(45)63)57(12,13)14/h30-38,63H,26-29H2,1-25H3. The number of phenolic OH excluding ortho intramolecular Hbond substituents is 1. The Labute approximate surface area is 411 Å². The Bertz CT molecular complexity index is 2360. The Hall–Kier alpha value is -3.49. The van der Waals surface area contributed by atoms with Gasteiger partial charge in [0.15, 0.2) is 0 Å². The molecule has 1 heterocycles. The Morgan fingerprint density at radius 3 is 1.12 bits per heavy atom. The molecule has 0 aliphatic carbocycles. The average Bonchev–Trinajstić information content (AvgIpc) is 3.21. The van der Waals surface area contributed by atoms with Gasteiger partial charge in [-0.05, 0) is 103 Å². The van der Waals surface area contributed by atoms with Crippen molar-refractivity contribution in [2.45, 2.75) is 248 Å². The molecule has 4 aromatic carbocycles. The first-order chi connectivity index (χ1) is 30.4. The predicted molar refractivity (Wildman–Crippen MR) is 291 cm³/mol. The number of rotatable bonds is 11. The molecule has 1 aliphatic rings. The lowest BCUT2D eigenvalue weighted by Crippen LogP contribution is -2.26.